The number of rotatable bonds is 3. The second-order valence-corrected chi connectivity index (χ2v) is 5.78. The molecule has 1 aromatic heterocycles. The minimum atomic E-state index is -5.08. The third-order valence-electron chi connectivity index (χ3n) is 3.88. The summed E-state index contributed by atoms with van der Waals surface area (Å²) in [7, 11) is 1.60. The number of hydrogen-bond acceptors (Lipinski definition) is 6. The number of carboxylic acid groups (broad SMARTS) is 1. The average molecular weight is 388 g/mol. The fourth-order valence-corrected chi connectivity index (χ4v) is 2.58. The van der Waals surface area contributed by atoms with Crippen molar-refractivity contribution in [3.8, 4) is 5.75 Å². The van der Waals surface area contributed by atoms with Crippen LogP contribution in [0.2, 0.25) is 0 Å². The van der Waals surface area contributed by atoms with Crippen LogP contribution in [0, 0.1) is 0 Å². The van der Waals surface area contributed by atoms with E-state index in [4.69, 9.17) is 19.1 Å². The molecule has 1 aromatic carbocycles. The Morgan fingerprint density at radius 3 is 2.48 bits per heavy atom. The van der Waals surface area contributed by atoms with Gasteiger partial charge in [-0.05, 0) is 17.7 Å². The van der Waals surface area contributed by atoms with Crippen molar-refractivity contribution >= 4 is 16.9 Å². The van der Waals surface area contributed by atoms with Crippen molar-refractivity contribution in [2.45, 2.75) is 12.7 Å². The van der Waals surface area contributed by atoms with E-state index in [0.717, 1.165) is 43.7 Å². The molecule has 0 aliphatic carbocycles. The summed E-state index contributed by atoms with van der Waals surface area (Å²) in [6, 6.07) is 7.20. The van der Waals surface area contributed by atoms with Gasteiger partial charge in [0.05, 0.1) is 7.11 Å². The lowest BCUT2D eigenvalue weighted by Crippen LogP contribution is -2.43. The summed E-state index contributed by atoms with van der Waals surface area (Å²) in [5, 5.41) is 11.4. The number of carbonyl (C=O) groups is 1. The van der Waals surface area contributed by atoms with Crippen molar-refractivity contribution in [2.75, 3.05) is 33.3 Å². The first kappa shape index (κ1) is 20.7. The number of alkyl halides is 3. The zero-order chi connectivity index (χ0) is 20.0. The Labute approximate surface area is 152 Å². The monoisotopic (exact) mass is 388 g/mol. The average Bonchev–Trinajstić information content (AvgIpc) is 2.61. The summed E-state index contributed by atoms with van der Waals surface area (Å²) in [6.07, 6.45) is -5.08. The van der Waals surface area contributed by atoms with Crippen molar-refractivity contribution in [2.24, 2.45) is 0 Å². The van der Waals surface area contributed by atoms with Crippen LogP contribution < -0.4 is 15.7 Å². The first-order valence-corrected chi connectivity index (χ1v) is 8.04. The maximum atomic E-state index is 11.7. The zero-order valence-corrected chi connectivity index (χ0v) is 14.5. The van der Waals surface area contributed by atoms with Gasteiger partial charge in [0.15, 0.2) is 0 Å². The largest absolute Gasteiger partial charge is 0.497 e. The third-order valence-corrected chi connectivity index (χ3v) is 3.88. The highest BCUT2D eigenvalue weighted by molar-refractivity contribution is 5.81. The summed E-state index contributed by atoms with van der Waals surface area (Å²) in [5.74, 6) is -2.06. The maximum absolute atomic E-state index is 11.7. The molecule has 2 heterocycles. The van der Waals surface area contributed by atoms with Gasteiger partial charge in [0, 0.05) is 50.2 Å². The second kappa shape index (κ2) is 8.87. The van der Waals surface area contributed by atoms with Gasteiger partial charge in [0.25, 0.3) is 0 Å². The molecule has 0 atom stereocenters. The number of ether oxygens (including phenoxy) is 1. The number of carboxylic acids is 1. The summed E-state index contributed by atoms with van der Waals surface area (Å²) in [6.45, 7) is 4.76. The van der Waals surface area contributed by atoms with Gasteiger partial charge in [-0.3, -0.25) is 4.90 Å². The fourth-order valence-electron chi connectivity index (χ4n) is 2.58. The number of halogens is 3. The topological polar surface area (TPSA) is 92.0 Å². The number of piperazine rings is 1. The molecule has 0 saturated carbocycles. The van der Waals surface area contributed by atoms with Crippen LogP contribution in [0.25, 0.3) is 11.0 Å². The fraction of sp³-hybridized carbons (Fsp3) is 0.412. The molecule has 148 valence electrons. The second-order valence-electron chi connectivity index (χ2n) is 5.78. The molecule has 3 rings (SSSR count). The molecular formula is C17H19F3N2O5. The number of hydrogen-bond donors (Lipinski definition) is 2. The molecule has 0 amide bonds. The molecule has 10 heteroatoms. The van der Waals surface area contributed by atoms with Gasteiger partial charge in [-0.1, -0.05) is 0 Å². The van der Waals surface area contributed by atoms with E-state index < -0.39 is 12.1 Å². The normalized spacial score (nSPS) is 15.1. The molecule has 1 saturated heterocycles. The lowest BCUT2D eigenvalue weighted by Gasteiger charge is -2.27. The number of nitrogens with zero attached hydrogens (tertiary/aromatic N) is 1. The van der Waals surface area contributed by atoms with Gasteiger partial charge in [0.1, 0.15) is 11.3 Å². The van der Waals surface area contributed by atoms with Crippen LogP contribution >= 0.6 is 0 Å². The summed E-state index contributed by atoms with van der Waals surface area (Å²) in [5.41, 5.74) is 1.29. The Morgan fingerprint density at radius 2 is 1.93 bits per heavy atom. The Morgan fingerprint density at radius 1 is 1.30 bits per heavy atom. The van der Waals surface area contributed by atoms with Crippen LogP contribution in [0.4, 0.5) is 13.2 Å². The predicted octanol–water partition coefficient (Wildman–Crippen LogP) is 1.84. The summed E-state index contributed by atoms with van der Waals surface area (Å²) >= 11 is 0. The minimum Gasteiger partial charge on any atom is -0.497 e. The van der Waals surface area contributed by atoms with Crippen LogP contribution in [-0.4, -0.2) is 55.4 Å². The van der Waals surface area contributed by atoms with E-state index in [1.807, 2.05) is 12.1 Å². The lowest BCUT2D eigenvalue weighted by atomic mass is 10.1. The maximum Gasteiger partial charge on any atom is 0.490 e. The number of methoxy groups -OCH3 is 1. The van der Waals surface area contributed by atoms with E-state index in [0.29, 0.717) is 11.3 Å². The molecule has 2 N–H and O–H groups in total. The first-order valence-electron chi connectivity index (χ1n) is 8.04. The van der Waals surface area contributed by atoms with Gasteiger partial charge >= 0.3 is 17.8 Å². The quantitative estimate of drug-likeness (QED) is 0.775. The number of aliphatic carboxylic acids is 1. The van der Waals surface area contributed by atoms with Gasteiger partial charge in [0.2, 0.25) is 0 Å². The molecule has 0 spiro atoms. The van der Waals surface area contributed by atoms with E-state index in [9.17, 15) is 18.0 Å². The van der Waals surface area contributed by atoms with E-state index in [1.165, 1.54) is 0 Å². The van der Waals surface area contributed by atoms with E-state index >= 15 is 0 Å². The lowest BCUT2D eigenvalue weighted by molar-refractivity contribution is -0.192. The van der Waals surface area contributed by atoms with Crippen molar-refractivity contribution in [1.29, 1.82) is 0 Å². The molecule has 1 aliphatic rings. The van der Waals surface area contributed by atoms with Crippen molar-refractivity contribution in [3.05, 3.63) is 40.2 Å². The molecule has 1 fully saturated rings. The standard InChI is InChI=1S/C15H18N2O3.C2HF3O2/c1-19-12-2-3-13-11(8-15(18)20-14(13)9-12)10-17-6-4-16-5-7-17;3-2(4,5)1(6)7/h2-3,8-9,16H,4-7,10H2,1H3;(H,6,7). The third kappa shape index (κ3) is 5.97. The minimum absolute atomic E-state index is 0.309. The smallest absolute Gasteiger partial charge is 0.490 e. The first-order chi connectivity index (χ1) is 12.7. The Hall–Kier alpha value is -2.59. The molecule has 27 heavy (non-hydrogen) atoms. The van der Waals surface area contributed by atoms with Gasteiger partial charge in [-0.15, -0.1) is 0 Å². The number of fused-ring (bicyclic) bond motifs is 1. The molecule has 1 aliphatic heterocycles. The Balaban J connectivity index is 0.000000321. The van der Waals surface area contributed by atoms with Crippen molar-refractivity contribution < 1.29 is 32.2 Å². The van der Waals surface area contributed by atoms with Gasteiger partial charge < -0.3 is 19.6 Å². The van der Waals surface area contributed by atoms with Crippen LogP contribution in [0.15, 0.2) is 33.5 Å². The van der Waals surface area contributed by atoms with Gasteiger partial charge in [-0.25, -0.2) is 9.59 Å². The SMILES string of the molecule is COc1ccc2c(CN3CCNCC3)cc(=O)oc2c1.O=C(O)C(F)(F)F. The van der Waals surface area contributed by atoms with Crippen LogP contribution in [0.1, 0.15) is 5.56 Å². The summed E-state index contributed by atoms with van der Waals surface area (Å²) < 4.78 is 42.2. The predicted molar refractivity (Wildman–Crippen MR) is 90.9 cm³/mol. The molecule has 0 unspecified atom stereocenters. The highest BCUT2D eigenvalue weighted by Gasteiger charge is 2.38. The van der Waals surface area contributed by atoms with Crippen LogP contribution in [-0.2, 0) is 11.3 Å². The van der Waals surface area contributed by atoms with E-state index in [1.54, 1.807) is 19.2 Å². The van der Waals surface area contributed by atoms with E-state index in [2.05, 4.69) is 10.2 Å². The Bertz CT molecular complexity index is 845. The van der Waals surface area contributed by atoms with Crippen LogP contribution in [0.3, 0.4) is 0 Å². The molecule has 0 radical (unpaired) electrons. The molecule has 0 bridgehead atoms. The van der Waals surface area contributed by atoms with E-state index in [-0.39, 0.29) is 5.63 Å². The Kier molecular flexibility index (Phi) is 6.81. The highest BCUT2D eigenvalue weighted by Crippen LogP contribution is 2.23. The molecule has 2 aromatic rings. The van der Waals surface area contributed by atoms with Crippen LogP contribution in [0.5, 0.6) is 5.75 Å². The number of benzene rings is 1. The summed E-state index contributed by atoms with van der Waals surface area (Å²) in [4.78, 5) is 22.9. The molecular weight excluding hydrogens is 369 g/mol. The highest BCUT2D eigenvalue weighted by atomic mass is 19.4. The molecule has 7 nitrogen and oxygen atoms in total. The zero-order valence-electron chi connectivity index (χ0n) is 14.5. The number of nitrogens with one attached hydrogen (secondary N) is 1. The van der Waals surface area contributed by atoms with Gasteiger partial charge in [-0.2, -0.15) is 13.2 Å². The van der Waals surface area contributed by atoms with Crippen molar-refractivity contribution in [3.63, 3.8) is 0 Å². The van der Waals surface area contributed by atoms with Crippen molar-refractivity contribution in [1.82, 2.24) is 10.2 Å².